The Balaban J connectivity index is 1.57. The van der Waals surface area contributed by atoms with Crippen LogP contribution in [0.15, 0.2) is 72.3 Å². The van der Waals surface area contributed by atoms with Crippen LogP contribution >= 0.6 is 22.6 Å². The van der Waals surface area contributed by atoms with Crippen molar-refractivity contribution in [1.82, 2.24) is 5.32 Å². The number of amides is 5. The van der Waals surface area contributed by atoms with E-state index in [-0.39, 0.29) is 29.5 Å². The number of ether oxygens (including phenoxy) is 2. The number of para-hydroxylation sites is 1. The highest BCUT2D eigenvalue weighted by Crippen LogP contribution is 2.35. The molecule has 0 radical (unpaired) electrons. The fourth-order valence-corrected chi connectivity index (χ4v) is 4.27. The number of imide groups is 2. The third-order valence-corrected chi connectivity index (χ3v) is 5.94. The van der Waals surface area contributed by atoms with Gasteiger partial charge in [-0.25, -0.2) is 14.1 Å². The second-order valence-corrected chi connectivity index (χ2v) is 8.84. The van der Waals surface area contributed by atoms with Crippen LogP contribution in [-0.2, 0) is 14.4 Å². The first kappa shape index (κ1) is 25.8. The van der Waals surface area contributed by atoms with E-state index in [2.05, 4.69) is 10.6 Å². The van der Waals surface area contributed by atoms with E-state index in [4.69, 9.17) is 9.47 Å². The monoisotopic (exact) mass is 615 g/mol. The summed E-state index contributed by atoms with van der Waals surface area (Å²) in [6.07, 6.45) is 1.28. The van der Waals surface area contributed by atoms with Gasteiger partial charge in [0.05, 0.1) is 16.4 Å². The van der Waals surface area contributed by atoms with Crippen LogP contribution in [0.1, 0.15) is 5.56 Å². The minimum atomic E-state index is -0.984. The molecule has 3 aromatic rings. The number of urea groups is 1. The maximum atomic E-state index is 13.7. The molecule has 1 fully saturated rings. The predicted octanol–water partition coefficient (Wildman–Crippen LogP) is 4.12. The molecule has 0 aliphatic carbocycles. The van der Waals surface area contributed by atoms with E-state index >= 15 is 0 Å². The first-order valence-electron chi connectivity index (χ1n) is 10.8. The molecular weight excluding hydrogens is 596 g/mol. The van der Waals surface area contributed by atoms with Crippen molar-refractivity contribution in [1.29, 1.82) is 0 Å². The zero-order chi connectivity index (χ0) is 26.5. The minimum absolute atomic E-state index is 0.0226. The molecule has 0 saturated carbocycles. The Morgan fingerprint density at radius 1 is 1.08 bits per heavy atom. The van der Waals surface area contributed by atoms with Crippen LogP contribution in [0.2, 0.25) is 0 Å². The van der Waals surface area contributed by atoms with Crippen LogP contribution in [0.3, 0.4) is 0 Å². The van der Waals surface area contributed by atoms with Gasteiger partial charge in [0.25, 0.3) is 17.7 Å². The Bertz CT molecular complexity index is 1430. The van der Waals surface area contributed by atoms with Gasteiger partial charge >= 0.3 is 6.03 Å². The summed E-state index contributed by atoms with van der Waals surface area (Å²) >= 11 is 1.97. The van der Waals surface area contributed by atoms with Gasteiger partial charge in [-0.3, -0.25) is 19.7 Å². The predicted molar refractivity (Wildman–Crippen MR) is 142 cm³/mol. The molecule has 1 heterocycles. The van der Waals surface area contributed by atoms with Gasteiger partial charge in [0.1, 0.15) is 11.4 Å². The largest absolute Gasteiger partial charge is 0.493 e. The zero-order valence-electron chi connectivity index (χ0n) is 19.3. The Kier molecular flexibility index (Phi) is 7.82. The van der Waals surface area contributed by atoms with E-state index in [0.717, 1.165) is 6.07 Å². The number of carbonyl (C=O) groups excluding carboxylic acids is 4. The second kappa shape index (κ2) is 11.2. The van der Waals surface area contributed by atoms with Crippen molar-refractivity contribution in [2.75, 3.05) is 23.9 Å². The second-order valence-electron chi connectivity index (χ2n) is 7.67. The number of rotatable bonds is 7. The third-order valence-electron chi connectivity index (χ3n) is 5.14. The van der Waals surface area contributed by atoms with Crippen molar-refractivity contribution in [3.05, 3.63) is 87.3 Å². The molecule has 0 aromatic heterocycles. The SMILES string of the molecule is COc1cc(/C=C2\C(=O)NC(=O)N(c3cccc(F)c3)C2=O)cc(I)c1OCC(=O)Nc1ccccc1. The van der Waals surface area contributed by atoms with Gasteiger partial charge in [-0.15, -0.1) is 0 Å². The van der Waals surface area contributed by atoms with Crippen molar-refractivity contribution in [3.63, 3.8) is 0 Å². The Morgan fingerprint density at radius 3 is 2.54 bits per heavy atom. The molecule has 0 atom stereocenters. The molecule has 2 N–H and O–H groups in total. The number of nitrogens with one attached hydrogen (secondary N) is 2. The number of barbiturate groups is 1. The van der Waals surface area contributed by atoms with Crippen molar-refractivity contribution in [2.45, 2.75) is 0 Å². The molecule has 0 spiro atoms. The van der Waals surface area contributed by atoms with Gasteiger partial charge in [0.2, 0.25) is 0 Å². The summed E-state index contributed by atoms with van der Waals surface area (Å²) in [4.78, 5) is 50.8. The third kappa shape index (κ3) is 5.94. The lowest BCUT2D eigenvalue weighted by molar-refractivity contribution is -0.122. The topological polar surface area (TPSA) is 114 Å². The number of methoxy groups -OCH3 is 1. The molecule has 4 rings (SSSR count). The van der Waals surface area contributed by atoms with Crippen molar-refractivity contribution in [3.8, 4) is 11.5 Å². The maximum absolute atomic E-state index is 13.7. The first-order valence-corrected chi connectivity index (χ1v) is 11.9. The lowest BCUT2D eigenvalue weighted by Gasteiger charge is -2.26. The summed E-state index contributed by atoms with van der Waals surface area (Å²) in [5, 5.41) is 4.80. The standard InChI is InChI=1S/C26H19FIN3O6/c1-36-21-12-15(11-20(28)23(21)37-14-22(32)29-17-7-3-2-4-8-17)10-19-24(33)30-26(35)31(25(19)34)18-9-5-6-16(27)13-18/h2-13H,14H2,1H3,(H,29,32)(H,30,33,35)/b19-10+. The highest BCUT2D eigenvalue weighted by Gasteiger charge is 2.37. The van der Waals surface area contributed by atoms with E-state index in [1.807, 2.05) is 28.7 Å². The fourth-order valence-electron chi connectivity index (χ4n) is 3.49. The summed E-state index contributed by atoms with van der Waals surface area (Å²) in [5.74, 6) is -2.27. The molecule has 0 bridgehead atoms. The van der Waals surface area contributed by atoms with Crippen molar-refractivity contribution in [2.24, 2.45) is 0 Å². The summed E-state index contributed by atoms with van der Waals surface area (Å²) in [7, 11) is 1.40. The van der Waals surface area contributed by atoms with E-state index in [1.165, 1.54) is 37.5 Å². The molecule has 0 unspecified atom stereocenters. The van der Waals surface area contributed by atoms with Gasteiger partial charge in [0.15, 0.2) is 18.1 Å². The smallest absolute Gasteiger partial charge is 0.335 e. The van der Waals surface area contributed by atoms with Crippen LogP contribution in [0.5, 0.6) is 11.5 Å². The lowest BCUT2D eigenvalue weighted by Crippen LogP contribution is -2.54. The van der Waals surface area contributed by atoms with E-state index < -0.39 is 23.7 Å². The maximum Gasteiger partial charge on any atom is 0.335 e. The molecule has 188 valence electrons. The average Bonchev–Trinajstić information content (AvgIpc) is 2.86. The molecule has 3 aromatic carbocycles. The number of carbonyl (C=O) groups is 4. The number of hydrogen-bond donors (Lipinski definition) is 2. The number of nitrogens with zero attached hydrogens (tertiary/aromatic N) is 1. The Morgan fingerprint density at radius 2 is 1.84 bits per heavy atom. The minimum Gasteiger partial charge on any atom is -0.493 e. The Labute approximate surface area is 224 Å². The molecule has 37 heavy (non-hydrogen) atoms. The summed E-state index contributed by atoms with van der Waals surface area (Å²) in [6, 6.07) is 16.0. The molecule has 11 heteroatoms. The molecular formula is C26H19FIN3O6. The van der Waals surface area contributed by atoms with Gasteiger partial charge in [-0.1, -0.05) is 24.3 Å². The van der Waals surface area contributed by atoms with Crippen molar-refractivity contribution >= 4 is 63.8 Å². The fraction of sp³-hybridized carbons (Fsp3) is 0.0769. The first-order chi connectivity index (χ1) is 17.8. The van der Waals surface area contributed by atoms with Gasteiger partial charge in [-0.2, -0.15) is 0 Å². The van der Waals surface area contributed by atoms with Gasteiger partial charge in [-0.05, 0) is 76.7 Å². The molecule has 5 amide bonds. The molecule has 1 aliphatic heterocycles. The van der Waals surface area contributed by atoms with E-state index in [9.17, 15) is 23.6 Å². The van der Waals surface area contributed by atoms with Gasteiger partial charge in [0, 0.05) is 5.69 Å². The van der Waals surface area contributed by atoms with Crippen LogP contribution in [-0.4, -0.2) is 37.5 Å². The number of halogens is 2. The number of benzene rings is 3. The highest BCUT2D eigenvalue weighted by molar-refractivity contribution is 14.1. The molecule has 1 saturated heterocycles. The average molecular weight is 615 g/mol. The van der Waals surface area contributed by atoms with Crippen LogP contribution < -0.4 is 25.0 Å². The van der Waals surface area contributed by atoms with E-state index in [1.54, 1.807) is 30.3 Å². The highest BCUT2D eigenvalue weighted by atomic mass is 127. The zero-order valence-corrected chi connectivity index (χ0v) is 21.4. The van der Waals surface area contributed by atoms with Gasteiger partial charge < -0.3 is 14.8 Å². The summed E-state index contributed by atoms with van der Waals surface area (Å²) in [5.41, 5.74) is 0.665. The normalized spacial score (nSPS) is 14.4. The molecule has 1 aliphatic rings. The van der Waals surface area contributed by atoms with Crippen molar-refractivity contribution < 1.29 is 33.0 Å². The summed E-state index contributed by atoms with van der Waals surface area (Å²) in [6.45, 7) is -0.284. The molecule has 9 nitrogen and oxygen atoms in total. The van der Waals surface area contributed by atoms with Crippen LogP contribution in [0, 0.1) is 9.39 Å². The lowest BCUT2D eigenvalue weighted by atomic mass is 10.1. The summed E-state index contributed by atoms with van der Waals surface area (Å²) < 4.78 is 25.3. The number of hydrogen-bond acceptors (Lipinski definition) is 6. The quantitative estimate of drug-likeness (QED) is 0.235. The van der Waals surface area contributed by atoms with Crippen LogP contribution in [0.4, 0.5) is 20.6 Å². The van der Waals surface area contributed by atoms with Crippen LogP contribution in [0.25, 0.3) is 6.08 Å². The Hall–Kier alpha value is -4.26. The number of anilines is 2. The van der Waals surface area contributed by atoms with E-state index in [0.29, 0.717) is 25.5 Å².